The zero-order valence-corrected chi connectivity index (χ0v) is 16.0. The number of unbranched alkanes of at least 4 members (excludes halogenated alkanes) is 1. The molecule has 2 heterocycles. The van der Waals surface area contributed by atoms with Crippen molar-refractivity contribution in [1.29, 1.82) is 0 Å². The summed E-state index contributed by atoms with van der Waals surface area (Å²) in [6.45, 7) is 6.09. The van der Waals surface area contributed by atoms with Crippen LogP contribution in [0.15, 0.2) is 39.6 Å². The lowest BCUT2D eigenvalue weighted by Gasteiger charge is -2.12. The summed E-state index contributed by atoms with van der Waals surface area (Å²) in [6.07, 6.45) is 3.68. The monoisotopic (exact) mass is 367 g/mol. The molecule has 7 nitrogen and oxygen atoms in total. The van der Waals surface area contributed by atoms with Crippen LogP contribution in [0.25, 0.3) is 11.4 Å². The van der Waals surface area contributed by atoms with Crippen LogP contribution in [0.5, 0.6) is 0 Å². The summed E-state index contributed by atoms with van der Waals surface area (Å²) in [5, 5.41) is 7.40. The first kappa shape index (κ1) is 18.8. The molecule has 0 aliphatic rings. The second-order valence-corrected chi connectivity index (χ2v) is 6.54. The number of hydrogen-bond donors (Lipinski definition) is 2. The average molecular weight is 367 g/mol. The van der Waals surface area contributed by atoms with Gasteiger partial charge >= 0.3 is 0 Å². The van der Waals surface area contributed by atoms with E-state index in [1.807, 2.05) is 38.1 Å². The minimum absolute atomic E-state index is 0.128. The molecule has 0 aliphatic heterocycles. The van der Waals surface area contributed by atoms with E-state index < -0.39 is 0 Å². The van der Waals surface area contributed by atoms with Crippen LogP contribution in [-0.2, 0) is 12.8 Å². The number of nitrogens with zero attached hydrogens (tertiary/aromatic N) is 3. The summed E-state index contributed by atoms with van der Waals surface area (Å²) >= 11 is 0. The second kappa shape index (κ2) is 8.62. The van der Waals surface area contributed by atoms with Crippen molar-refractivity contribution in [2.45, 2.75) is 52.5 Å². The van der Waals surface area contributed by atoms with Gasteiger partial charge in [-0.05, 0) is 31.9 Å². The molecule has 2 N–H and O–H groups in total. The first-order valence-corrected chi connectivity index (χ1v) is 9.38. The summed E-state index contributed by atoms with van der Waals surface area (Å²) in [5.41, 5.74) is 2.35. The number of H-pyrrole nitrogens is 1. The topological polar surface area (TPSA) is 96.7 Å². The minimum Gasteiger partial charge on any atom is -0.374 e. The maximum Gasteiger partial charge on any atom is 0.251 e. The van der Waals surface area contributed by atoms with Crippen molar-refractivity contribution < 1.29 is 4.52 Å². The molecule has 0 aliphatic carbocycles. The molecule has 2 aromatic heterocycles. The smallest absolute Gasteiger partial charge is 0.251 e. The van der Waals surface area contributed by atoms with Gasteiger partial charge in [-0.2, -0.15) is 4.98 Å². The molecule has 3 aromatic rings. The van der Waals surface area contributed by atoms with Crippen molar-refractivity contribution in [3.8, 4) is 11.4 Å². The quantitative estimate of drug-likeness (QED) is 0.627. The van der Waals surface area contributed by atoms with Crippen LogP contribution in [-0.4, -0.2) is 20.1 Å². The average Bonchev–Trinajstić information content (AvgIpc) is 3.15. The SMILES string of the molecule is CCCCc1noc([C@@H](C)Nc2cccc(-c3nc(CC)cc(=O)[nH]3)c2)n1. The van der Waals surface area contributed by atoms with Crippen molar-refractivity contribution in [1.82, 2.24) is 20.1 Å². The molecule has 0 saturated heterocycles. The lowest BCUT2D eigenvalue weighted by Crippen LogP contribution is -2.10. The van der Waals surface area contributed by atoms with Gasteiger partial charge in [0.2, 0.25) is 5.89 Å². The summed E-state index contributed by atoms with van der Waals surface area (Å²) in [7, 11) is 0. The van der Waals surface area contributed by atoms with E-state index in [9.17, 15) is 4.79 Å². The van der Waals surface area contributed by atoms with Crippen LogP contribution >= 0.6 is 0 Å². The summed E-state index contributed by atoms with van der Waals surface area (Å²) in [4.78, 5) is 23.6. The standard InChI is InChI=1S/C20H25N5O2/c1-4-6-10-17-23-20(27-25-17)13(3)21-16-9-7-8-14(11-16)19-22-15(5-2)12-18(26)24-19/h7-9,11-13,21H,4-6,10H2,1-3H3,(H,22,24,26)/t13-/m1/s1. The number of nitrogens with one attached hydrogen (secondary N) is 2. The van der Waals surface area contributed by atoms with Gasteiger partial charge < -0.3 is 14.8 Å². The molecule has 27 heavy (non-hydrogen) atoms. The normalized spacial score (nSPS) is 12.1. The van der Waals surface area contributed by atoms with E-state index in [1.54, 1.807) is 0 Å². The molecule has 0 unspecified atom stereocenters. The number of aromatic amines is 1. The highest BCUT2D eigenvalue weighted by atomic mass is 16.5. The van der Waals surface area contributed by atoms with Gasteiger partial charge in [0.1, 0.15) is 11.9 Å². The first-order valence-electron chi connectivity index (χ1n) is 9.38. The molecular formula is C20H25N5O2. The Bertz CT molecular complexity index is 947. The van der Waals surface area contributed by atoms with E-state index in [-0.39, 0.29) is 11.6 Å². The van der Waals surface area contributed by atoms with Crippen LogP contribution in [0.1, 0.15) is 57.1 Å². The van der Waals surface area contributed by atoms with Crippen LogP contribution in [0.2, 0.25) is 0 Å². The molecule has 3 rings (SSSR count). The molecule has 1 aromatic carbocycles. The predicted molar refractivity (Wildman–Crippen MR) is 105 cm³/mol. The van der Waals surface area contributed by atoms with Crippen molar-refractivity contribution in [2.75, 3.05) is 5.32 Å². The van der Waals surface area contributed by atoms with E-state index in [0.29, 0.717) is 18.1 Å². The Labute approximate surface area is 158 Å². The predicted octanol–water partition coefficient (Wildman–Crippen LogP) is 3.90. The Hall–Kier alpha value is -2.96. The van der Waals surface area contributed by atoms with E-state index in [0.717, 1.165) is 42.0 Å². The lowest BCUT2D eigenvalue weighted by molar-refractivity contribution is 0.362. The largest absolute Gasteiger partial charge is 0.374 e. The first-order chi connectivity index (χ1) is 13.1. The van der Waals surface area contributed by atoms with Crippen molar-refractivity contribution in [3.05, 3.63) is 58.1 Å². The molecule has 7 heteroatoms. The Morgan fingerprint density at radius 2 is 2.07 bits per heavy atom. The zero-order valence-electron chi connectivity index (χ0n) is 16.0. The Morgan fingerprint density at radius 3 is 2.85 bits per heavy atom. The fourth-order valence-corrected chi connectivity index (χ4v) is 2.77. The number of hydrogen-bond acceptors (Lipinski definition) is 6. The van der Waals surface area contributed by atoms with Crippen molar-refractivity contribution >= 4 is 5.69 Å². The molecule has 0 spiro atoms. The van der Waals surface area contributed by atoms with Crippen LogP contribution in [0.3, 0.4) is 0 Å². The molecule has 0 fully saturated rings. The molecule has 0 bridgehead atoms. The van der Waals surface area contributed by atoms with Crippen LogP contribution in [0.4, 0.5) is 5.69 Å². The van der Waals surface area contributed by atoms with Gasteiger partial charge in [-0.25, -0.2) is 4.98 Å². The van der Waals surface area contributed by atoms with Gasteiger partial charge in [-0.15, -0.1) is 0 Å². The number of benzene rings is 1. The van der Waals surface area contributed by atoms with Gasteiger partial charge in [0.05, 0.1) is 0 Å². The van der Waals surface area contributed by atoms with Crippen LogP contribution < -0.4 is 10.9 Å². The number of anilines is 1. The molecule has 0 radical (unpaired) electrons. The molecule has 142 valence electrons. The van der Waals surface area contributed by atoms with E-state index in [4.69, 9.17) is 4.52 Å². The van der Waals surface area contributed by atoms with E-state index in [2.05, 4.69) is 32.3 Å². The summed E-state index contributed by atoms with van der Waals surface area (Å²) in [5.74, 6) is 1.87. The third-order valence-electron chi connectivity index (χ3n) is 4.28. The van der Waals surface area contributed by atoms with Gasteiger partial charge in [0.15, 0.2) is 5.82 Å². The third-order valence-corrected chi connectivity index (χ3v) is 4.28. The van der Waals surface area contributed by atoms with Gasteiger partial charge in [-0.3, -0.25) is 4.79 Å². The zero-order chi connectivity index (χ0) is 19.2. The molecule has 0 saturated carbocycles. The van der Waals surface area contributed by atoms with Gasteiger partial charge in [0.25, 0.3) is 5.56 Å². The maximum absolute atomic E-state index is 11.8. The second-order valence-electron chi connectivity index (χ2n) is 6.54. The minimum atomic E-state index is -0.144. The Balaban J connectivity index is 1.76. The van der Waals surface area contributed by atoms with Crippen molar-refractivity contribution in [2.24, 2.45) is 0 Å². The summed E-state index contributed by atoms with van der Waals surface area (Å²) in [6, 6.07) is 9.14. The Morgan fingerprint density at radius 1 is 1.22 bits per heavy atom. The maximum atomic E-state index is 11.8. The fraction of sp³-hybridized carbons (Fsp3) is 0.400. The van der Waals surface area contributed by atoms with E-state index >= 15 is 0 Å². The highest BCUT2D eigenvalue weighted by molar-refractivity contribution is 5.62. The highest BCUT2D eigenvalue weighted by Crippen LogP contribution is 2.23. The van der Waals surface area contributed by atoms with Crippen molar-refractivity contribution in [3.63, 3.8) is 0 Å². The number of rotatable bonds is 8. The molecular weight excluding hydrogens is 342 g/mol. The molecule has 0 amide bonds. The Kier molecular flexibility index (Phi) is 6.01. The third kappa shape index (κ3) is 4.81. The van der Waals surface area contributed by atoms with Gasteiger partial charge in [-0.1, -0.05) is 37.6 Å². The summed E-state index contributed by atoms with van der Waals surface area (Å²) < 4.78 is 5.37. The van der Waals surface area contributed by atoms with Gasteiger partial charge in [0, 0.05) is 29.4 Å². The highest BCUT2D eigenvalue weighted by Gasteiger charge is 2.14. The molecule has 1 atom stereocenters. The number of aromatic nitrogens is 4. The number of aryl methyl sites for hydroxylation is 2. The van der Waals surface area contributed by atoms with E-state index in [1.165, 1.54) is 6.07 Å². The van der Waals surface area contributed by atoms with Crippen LogP contribution in [0, 0.1) is 0 Å². The fourth-order valence-electron chi connectivity index (χ4n) is 2.77. The lowest BCUT2D eigenvalue weighted by atomic mass is 10.1.